The van der Waals surface area contributed by atoms with Gasteiger partial charge in [0.05, 0.1) is 4.47 Å². The Labute approximate surface area is 128 Å². The number of nitrogens with zero attached hydrogens (tertiary/aromatic N) is 2. The van der Waals surface area contributed by atoms with Crippen LogP contribution >= 0.6 is 27.7 Å². The Morgan fingerprint density at radius 1 is 1.35 bits per heavy atom. The molecule has 0 saturated heterocycles. The minimum atomic E-state index is -0.0948. The van der Waals surface area contributed by atoms with Gasteiger partial charge in [0.2, 0.25) is 11.9 Å². The number of anilines is 2. The molecule has 0 unspecified atom stereocenters. The van der Waals surface area contributed by atoms with Gasteiger partial charge in [-0.25, -0.2) is 15.8 Å². The predicted octanol–water partition coefficient (Wildman–Crippen LogP) is 2.63. The smallest absolute Gasteiger partial charge is 0.238 e. The number of nitrogens with two attached hydrogens (primary N) is 1. The normalized spacial score (nSPS) is 10.2. The summed E-state index contributed by atoms with van der Waals surface area (Å²) >= 11 is 4.86. The first-order chi connectivity index (χ1) is 9.58. The summed E-state index contributed by atoms with van der Waals surface area (Å²) < 4.78 is 0.785. The number of halogens is 1. The van der Waals surface area contributed by atoms with Crippen LogP contribution in [0.4, 0.5) is 11.6 Å². The van der Waals surface area contributed by atoms with Gasteiger partial charge in [0.15, 0.2) is 0 Å². The van der Waals surface area contributed by atoms with Crippen molar-refractivity contribution < 1.29 is 4.79 Å². The second-order valence-corrected chi connectivity index (χ2v) is 5.72. The molecule has 8 heteroatoms. The third-order valence-electron chi connectivity index (χ3n) is 2.23. The number of aromatic nitrogens is 2. The standard InChI is InChI=1S/C12H12BrN5OS/c1-7(19)16-8-2-4-9(5-3-8)20-11-10(13)6-15-12(17-11)18-14/h2-6H,14H2,1H3,(H,16,19)(H,15,17,18). The van der Waals surface area contributed by atoms with Crippen LogP contribution in [0, 0.1) is 0 Å². The zero-order valence-electron chi connectivity index (χ0n) is 10.6. The second-order valence-electron chi connectivity index (χ2n) is 3.80. The van der Waals surface area contributed by atoms with E-state index in [0.717, 1.165) is 20.1 Å². The molecule has 1 heterocycles. The average molecular weight is 354 g/mol. The fourth-order valence-corrected chi connectivity index (χ4v) is 2.63. The van der Waals surface area contributed by atoms with Crippen molar-refractivity contribution in [1.29, 1.82) is 0 Å². The number of nitrogen functional groups attached to an aromatic ring is 1. The van der Waals surface area contributed by atoms with E-state index in [1.165, 1.54) is 18.7 Å². The quantitative estimate of drug-likeness (QED) is 0.444. The van der Waals surface area contributed by atoms with Gasteiger partial charge < -0.3 is 5.32 Å². The van der Waals surface area contributed by atoms with Crippen LogP contribution in [0.5, 0.6) is 0 Å². The lowest BCUT2D eigenvalue weighted by atomic mass is 10.3. The van der Waals surface area contributed by atoms with Gasteiger partial charge in [-0.3, -0.25) is 10.2 Å². The van der Waals surface area contributed by atoms with Crippen molar-refractivity contribution in [3.05, 3.63) is 34.9 Å². The van der Waals surface area contributed by atoms with Crippen LogP contribution in [0.2, 0.25) is 0 Å². The third kappa shape index (κ3) is 3.92. The molecular weight excluding hydrogens is 342 g/mol. The molecule has 0 fully saturated rings. The molecule has 0 bridgehead atoms. The van der Waals surface area contributed by atoms with Crippen LogP contribution in [0.15, 0.2) is 44.9 Å². The number of hydrogen-bond donors (Lipinski definition) is 3. The lowest BCUT2D eigenvalue weighted by Gasteiger charge is -2.06. The Kier molecular flexibility index (Phi) is 4.94. The van der Waals surface area contributed by atoms with Gasteiger partial charge in [-0.2, -0.15) is 0 Å². The maximum atomic E-state index is 10.9. The highest BCUT2D eigenvalue weighted by Crippen LogP contribution is 2.32. The number of carbonyl (C=O) groups excluding carboxylic acids is 1. The summed E-state index contributed by atoms with van der Waals surface area (Å²) in [5, 5.41) is 3.47. The molecule has 0 spiro atoms. The SMILES string of the molecule is CC(=O)Nc1ccc(Sc2nc(NN)ncc2Br)cc1. The Morgan fingerprint density at radius 2 is 2.05 bits per heavy atom. The molecule has 6 nitrogen and oxygen atoms in total. The van der Waals surface area contributed by atoms with Gasteiger partial charge >= 0.3 is 0 Å². The van der Waals surface area contributed by atoms with E-state index < -0.39 is 0 Å². The van der Waals surface area contributed by atoms with E-state index in [1.54, 1.807) is 6.20 Å². The largest absolute Gasteiger partial charge is 0.326 e. The highest BCUT2D eigenvalue weighted by molar-refractivity contribution is 9.10. The Bertz CT molecular complexity index is 620. The van der Waals surface area contributed by atoms with Gasteiger partial charge in [-0.1, -0.05) is 11.8 Å². The molecule has 0 aliphatic rings. The summed E-state index contributed by atoms with van der Waals surface area (Å²) in [5.74, 6) is 5.55. The zero-order valence-corrected chi connectivity index (χ0v) is 13.0. The fraction of sp³-hybridized carbons (Fsp3) is 0.0833. The molecule has 1 aromatic carbocycles. The van der Waals surface area contributed by atoms with E-state index in [2.05, 4.69) is 36.6 Å². The van der Waals surface area contributed by atoms with Crippen LogP contribution in [0.1, 0.15) is 6.92 Å². The van der Waals surface area contributed by atoms with Gasteiger partial charge in [0, 0.05) is 23.7 Å². The molecule has 0 radical (unpaired) electrons. The summed E-state index contributed by atoms with van der Waals surface area (Å²) in [7, 11) is 0. The lowest BCUT2D eigenvalue weighted by Crippen LogP contribution is -2.10. The van der Waals surface area contributed by atoms with E-state index in [-0.39, 0.29) is 5.91 Å². The van der Waals surface area contributed by atoms with Crippen LogP contribution < -0.4 is 16.6 Å². The predicted molar refractivity (Wildman–Crippen MR) is 82.4 cm³/mol. The average Bonchev–Trinajstić information content (AvgIpc) is 2.43. The molecule has 2 rings (SSSR count). The van der Waals surface area contributed by atoms with Gasteiger partial charge in [0.25, 0.3) is 0 Å². The first-order valence-electron chi connectivity index (χ1n) is 5.63. The molecule has 0 aliphatic heterocycles. The van der Waals surface area contributed by atoms with E-state index in [4.69, 9.17) is 5.84 Å². The van der Waals surface area contributed by atoms with Gasteiger partial charge in [0.1, 0.15) is 5.03 Å². The summed E-state index contributed by atoms with van der Waals surface area (Å²) in [4.78, 5) is 20.2. The van der Waals surface area contributed by atoms with E-state index in [0.29, 0.717) is 5.95 Å². The van der Waals surface area contributed by atoms with Crippen molar-refractivity contribution in [3.8, 4) is 0 Å². The number of amides is 1. The van der Waals surface area contributed by atoms with Gasteiger partial charge in [-0.15, -0.1) is 0 Å². The maximum Gasteiger partial charge on any atom is 0.238 e. The Balaban J connectivity index is 2.15. The number of hydrogen-bond acceptors (Lipinski definition) is 6. The molecule has 0 aliphatic carbocycles. The van der Waals surface area contributed by atoms with E-state index in [1.807, 2.05) is 24.3 Å². The van der Waals surface area contributed by atoms with Crippen LogP contribution in [-0.4, -0.2) is 15.9 Å². The monoisotopic (exact) mass is 353 g/mol. The van der Waals surface area contributed by atoms with E-state index >= 15 is 0 Å². The first kappa shape index (κ1) is 14.8. The molecule has 20 heavy (non-hydrogen) atoms. The topological polar surface area (TPSA) is 92.9 Å². The Hall–Kier alpha value is -1.64. The minimum absolute atomic E-state index is 0.0948. The van der Waals surface area contributed by atoms with Crippen molar-refractivity contribution in [3.63, 3.8) is 0 Å². The maximum absolute atomic E-state index is 10.9. The van der Waals surface area contributed by atoms with E-state index in [9.17, 15) is 4.79 Å². The molecule has 4 N–H and O–H groups in total. The summed E-state index contributed by atoms with van der Waals surface area (Å²) in [6.45, 7) is 1.47. The number of carbonyl (C=O) groups is 1. The fourth-order valence-electron chi connectivity index (χ4n) is 1.41. The van der Waals surface area contributed by atoms with Gasteiger partial charge in [-0.05, 0) is 40.2 Å². The summed E-state index contributed by atoms with van der Waals surface area (Å²) in [6.07, 6.45) is 1.64. The number of hydrazine groups is 1. The summed E-state index contributed by atoms with van der Waals surface area (Å²) in [6, 6.07) is 7.47. The number of rotatable bonds is 4. The molecule has 0 saturated carbocycles. The number of benzene rings is 1. The first-order valence-corrected chi connectivity index (χ1v) is 7.24. The summed E-state index contributed by atoms with van der Waals surface area (Å²) in [5.41, 5.74) is 3.16. The zero-order chi connectivity index (χ0) is 14.5. The highest BCUT2D eigenvalue weighted by atomic mass is 79.9. The second kappa shape index (κ2) is 6.69. The molecule has 1 amide bonds. The molecule has 104 valence electrons. The van der Waals surface area contributed by atoms with Crippen molar-refractivity contribution >= 4 is 45.2 Å². The van der Waals surface area contributed by atoms with Crippen molar-refractivity contribution in [1.82, 2.24) is 9.97 Å². The molecule has 2 aromatic rings. The minimum Gasteiger partial charge on any atom is -0.326 e. The number of nitrogens with one attached hydrogen (secondary N) is 2. The van der Waals surface area contributed by atoms with Crippen LogP contribution in [0.25, 0.3) is 0 Å². The Morgan fingerprint density at radius 3 is 2.65 bits per heavy atom. The third-order valence-corrected chi connectivity index (χ3v) is 4.09. The van der Waals surface area contributed by atoms with Crippen LogP contribution in [-0.2, 0) is 4.79 Å². The molecule has 1 aromatic heterocycles. The van der Waals surface area contributed by atoms with Crippen molar-refractivity contribution in [2.45, 2.75) is 16.8 Å². The molecular formula is C12H12BrN5OS. The van der Waals surface area contributed by atoms with Crippen molar-refractivity contribution in [2.75, 3.05) is 10.7 Å². The highest BCUT2D eigenvalue weighted by Gasteiger charge is 2.07. The lowest BCUT2D eigenvalue weighted by molar-refractivity contribution is -0.114. The molecule has 0 atom stereocenters. The van der Waals surface area contributed by atoms with Crippen molar-refractivity contribution in [2.24, 2.45) is 5.84 Å². The van der Waals surface area contributed by atoms with Crippen LogP contribution in [0.3, 0.4) is 0 Å².